The highest BCUT2D eigenvalue weighted by Crippen LogP contribution is 2.27. The second-order valence-corrected chi connectivity index (χ2v) is 5.16. The SMILES string of the molecule is OC[C@H]1O[C@@H](O)[C@@H](F)[C@H](F)[C@@H]1F.OC[C@H]1O[C@@H](O)[C@@H](F)[C@H](F)[C@@H]1F. The van der Waals surface area contributed by atoms with E-state index in [1.807, 2.05) is 0 Å². The molecule has 2 aliphatic rings. The molecule has 0 aromatic heterocycles. The number of hydrogen-bond donors (Lipinski definition) is 4. The Kier molecular flexibility index (Phi) is 8.15. The summed E-state index contributed by atoms with van der Waals surface area (Å²) in [6.07, 6.45) is -21.1. The van der Waals surface area contributed by atoms with E-state index >= 15 is 0 Å². The van der Waals surface area contributed by atoms with Crippen molar-refractivity contribution in [3.8, 4) is 0 Å². The number of rotatable bonds is 2. The van der Waals surface area contributed by atoms with Crippen LogP contribution in [-0.4, -0.2) is 95.5 Å². The van der Waals surface area contributed by atoms with E-state index in [0.29, 0.717) is 0 Å². The van der Waals surface area contributed by atoms with Crippen molar-refractivity contribution < 1.29 is 56.2 Å². The van der Waals surface area contributed by atoms with Crippen LogP contribution in [0.4, 0.5) is 26.3 Å². The predicted molar refractivity (Wildman–Crippen MR) is 65.3 cm³/mol. The molecule has 0 saturated carbocycles. The fourth-order valence-electron chi connectivity index (χ4n) is 2.02. The second-order valence-electron chi connectivity index (χ2n) is 5.16. The zero-order valence-electron chi connectivity index (χ0n) is 12.1. The first-order chi connectivity index (χ1) is 11.1. The molecule has 12 heteroatoms. The Balaban J connectivity index is 0.000000240. The maximum absolute atomic E-state index is 12.7. The maximum atomic E-state index is 12.7. The van der Waals surface area contributed by atoms with Crippen LogP contribution in [0.3, 0.4) is 0 Å². The largest absolute Gasteiger partial charge is 0.394 e. The molecular formula is C12H18F6O6. The van der Waals surface area contributed by atoms with Crippen molar-refractivity contribution >= 4 is 0 Å². The molecule has 24 heavy (non-hydrogen) atoms. The lowest BCUT2D eigenvalue weighted by Crippen LogP contribution is -2.53. The molecule has 0 radical (unpaired) electrons. The van der Waals surface area contributed by atoms with Gasteiger partial charge in [0.15, 0.2) is 49.6 Å². The smallest absolute Gasteiger partial charge is 0.189 e. The lowest BCUT2D eigenvalue weighted by atomic mass is 10.0. The van der Waals surface area contributed by atoms with Gasteiger partial charge >= 0.3 is 0 Å². The van der Waals surface area contributed by atoms with Crippen LogP contribution in [0, 0.1) is 0 Å². The van der Waals surface area contributed by atoms with Crippen molar-refractivity contribution in [1.29, 1.82) is 0 Å². The first kappa shape index (κ1) is 21.4. The van der Waals surface area contributed by atoms with Crippen molar-refractivity contribution in [2.45, 2.75) is 61.8 Å². The second kappa shape index (κ2) is 9.15. The molecule has 2 rings (SSSR count). The van der Waals surface area contributed by atoms with Crippen LogP contribution in [0.2, 0.25) is 0 Å². The minimum Gasteiger partial charge on any atom is -0.394 e. The van der Waals surface area contributed by atoms with Crippen molar-refractivity contribution in [3.05, 3.63) is 0 Å². The first-order valence-corrected chi connectivity index (χ1v) is 6.88. The van der Waals surface area contributed by atoms with Crippen LogP contribution in [-0.2, 0) is 9.47 Å². The van der Waals surface area contributed by atoms with Crippen LogP contribution in [0.1, 0.15) is 0 Å². The van der Waals surface area contributed by atoms with E-state index in [2.05, 4.69) is 9.47 Å². The number of halogens is 6. The maximum Gasteiger partial charge on any atom is 0.189 e. The predicted octanol–water partition coefficient (Wildman–Crippen LogP) is -0.580. The van der Waals surface area contributed by atoms with Gasteiger partial charge in [0.05, 0.1) is 13.2 Å². The number of ether oxygens (including phenoxy) is 2. The summed E-state index contributed by atoms with van der Waals surface area (Å²) >= 11 is 0. The Morgan fingerprint density at radius 3 is 1.08 bits per heavy atom. The Bertz CT molecular complexity index is 338. The van der Waals surface area contributed by atoms with Gasteiger partial charge in [-0.15, -0.1) is 0 Å². The number of hydrogen-bond acceptors (Lipinski definition) is 6. The minimum absolute atomic E-state index is 0.786. The molecule has 6 nitrogen and oxygen atoms in total. The van der Waals surface area contributed by atoms with E-state index in [4.69, 9.17) is 20.4 Å². The van der Waals surface area contributed by atoms with Crippen molar-refractivity contribution in [3.63, 3.8) is 0 Å². The summed E-state index contributed by atoms with van der Waals surface area (Å²) in [4.78, 5) is 0. The van der Waals surface area contributed by atoms with Gasteiger partial charge in [0.1, 0.15) is 12.2 Å². The summed E-state index contributed by atoms with van der Waals surface area (Å²) in [5.74, 6) is 0. The monoisotopic (exact) mass is 372 g/mol. The van der Waals surface area contributed by atoms with E-state index in [0.717, 1.165) is 0 Å². The van der Waals surface area contributed by atoms with E-state index in [-0.39, 0.29) is 0 Å². The molecule has 2 aliphatic heterocycles. The fraction of sp³-hybridized carbons (Fsp3) is 1.00. The molecule has 0 bridgehead atoms. The molecule has 2 saturated heterocycles. The van der Waals surface area contributed by atoms with Gasteiger partial charge in [-0.05, 0) is 0 Å². The molecular weight excluding hydrogens is 354 g/mol. The molecule has 4 N–H and O–H groups in total. The van der Waals surface area contributed by atoms with Gasteiger partial charge in [0.2, 0.25) is 0 Å². The molecule has 2 fully saturated rings. The molecule has 0 aromatic rings. The molecule has 0 unspecified atom stereocenters. The third-order valence-corrected chi connectivity index (χ3v) is 3.46. The van der Waals surface area contributed by atoms with Gasteiger partial charge in [0.25, 0.3) is 0 Å². The highest BCUT2D eigenvalue weighted by Gasteiger charge is 2.47. The van der Waals surface area contributed by atoms with E-state index in [1.165, 1.54) is 0 Å². The van der Waals surface area contributed by atoms with Crippen molar-refractivity contribution in [2.75, 3.05) is 13.2 Å². The summed E-state index contributed by atoms with van der Waals surface area (Å²) in [7, 11) is 0. The molecule has 0 amide bonds. The number of alkyl halides is 6. The van der Waals surface area contributed by atoms with E-state index in [9.17, 15) is 26.3 Å². The lowest BCUT2D eigenvalue weighted by Gasteiger charge is -2.33. The third-order valence-electron chi connectivity index (χ3n) is 3.46. The first-order valence-electron chi connectivity index (χ1n) is 6.88. The Hall–Kier alpha value is -0.660. The van der Waals surface area contributed by atoms with Crippen molar-refractivity contribution in [1.82, 2.24) is 0 Å². The summed E-state index contributed by atoms with van der Waals surface area (Å²) < 4.78 is 83.8. The molecule has 0 spiro atoms. The summed E-state index contributed by atoms with van der Waals surface area (Å²) in [5, 5.41) is 34.1. The van der Waals surface area contributed by atoms with Crippen LogP contribution < -0.4 is 0 Å². The quantitative estimate of drug-likeness (QED) is 0.484. The third kappa shape index (κ3) is 4.70. The van der Waals surface area contributed by atoms with Crippen LogP contribution in [0.15, 0.2) is 0 Å². The summed E-state index contributed by atoms with van der Waals surface area (Å²) in [5.41, 5.74) is 0. The fourth-order valence-corrected chi connectivity index (χ4v) is 2.02. The number of aliphatic hydroxyl groups excluding tert-OH is 4. The molecule has 0 aromatic carbocycles. The van der Waals surface area contributed by atoms with E-state index in [1.54, 1.807) is 0 Å². The Morgan fingerprint density at radius 2 is 0.833 bits per heavy atom. The van der Waals surface area contributed by atoms with Gasteiger partial charge in [-0.25, -0.2) is 26.3 Å². The zero-order valence-corrected chi connectivity index (χ0v) is 12.1. The minimum atomic E-state index is -2.44. The van der Waals surface area contributed by atoms with Crippen molar-refractivity contribution in [2.24, 2.45) is 0 Å². The van der Waals surface area contributed by atoms with Crippen LogP contribution in [0.25, 0.3) is 0 Å². The summed E-state index contributed by atoms with van der Waals surface area (Å²) in [6, 6.07) is 0. The molecule has 0 aliphatic carbocycles. The highest BCUT2D eigenvalue weighted by molar-refractivity contribution is 4.89. The van der Waals surface area contributed by atoms with Gasteiger partial charge in [0, 0.05) is 0 Å². The van der Waals surface area contributed by atoms with Gasteiger partial charge < -0.3 is 29.9 Å². The van der Waals surface area contributed by atoms with Crippen LogP contribution >= 0.6 is 0 Å². The lowest BCUT2D eigenvalue weighted by molar-refractivity contribution is -0.247. The van der Waals surface area contributed by atoms with E-state index < -0.39 is 75.0 Å². The topological polar surface area (TPSA) is 99.4 Å². The molecule has 10 atom stereocenters. The van der Waals surface area contributed by atoms with Gasteiger partial charge in [-0.3, -0.25) is 0 Å². The zero-order chi connectivity index (χ0) is 18.6. The van der Waals surface area contributed by atoms with Gasteiger partial charge in [-0.2, -0.15) is 0 Å². The Labute approximate surface area is 132 Å². The van der Waals surface area contributed by atoms with Gasteiger partial charge in [-0.1, -0.05) is 0 Å². The van der Waals surface area contributed by atoms with Crippen LogP contribution in [0.5, 0.6) is 0 Å². The molecule has 2 heterocycles. The molecule has 144 valence electrons. The highest BCUT2D eigenvalue weighted by atomic mass is 19.2. The Morgan fingerprint density at radius 1 is 0.542 bits per heavy atom. The normalized spacial score (nSPS) is 49.2. The average Bonchev–Trinajstić information content (AvgIpc) is 2.58. The number of aliphatic hydroxyl groups is 4. The standard InChI is InChI=1S/2C6H9F3O3/c2*7-3-2(1-10)12-6(11)5(9)4(3)8/h2*2-6,10-11H,1H2/t2*2-,3-,4-,5+,6-/m11/s1. The summed E-state index contributed by atoms with van der Waals surface area (Å²) in [6.45, 7) is -1.57. The average molecular weight is 372 g/mol.